The van der Waals surface area contributed by atoms with Gasteiger partial charge in [-0.15, -0.1) is 0 Å². The summed E-state index contributed by atoms with van der Waals surface area (Å²) < 4.78 is 0. The van der Waals surface area contributed by atoms with E-state index in [1.807, 2.05) is 6.07 Å². The van der Waals surface area contributed by atoms with Gasteiger partial charge in [-0.3, -0.25) is 0 Å². The van der Waals surface area contributed by atoms with Gasteiger partial charge in [-0.25, -0.2) is 0 Å². The van der Waals surface area contributed by atoms with E-state index in [4.69, 9.17) is 4.84 Å². The van der Waals surface area contributed by atoms with Crippen molar-refractivity contribution < 1.29 is 4.84 Å². The molecule has 0 bridgehead atoms. The number of fused-ring (bicyclic) bond motifs is 1. The summed E-state index contributed by atoms with van der Waals surface area (Å²) in [6.07, 6.45) is 5.14. The topological polar surface area (TPSA) is 21.6 Å². The van der Waals surface area contributed by atoms with Crippen LogP contribution in [0.3, 0.4) is 0 Å². The largest absolute Gasteiger partial charge is 0.387 e. The maximum Gasteiger partial charge on any atom is 0.160 e. The number of nitrogens with zero attached hydrogens (tertiary/aromatic N) is 1. The monoisotopic (exact) mass is 201 g/mol. The molecule has 2 aliphatic rings. The molecule has 1 saturated carbocycles. The first-order valence-corrected chi connectivity index (χ1v) is 5.73. The van der Waals surface area contributed by atoms with Gasteiger partial charge in [0.25, 0.3) is 0 Å². The number of hydrogen-bond acceptors (Lipinski definition) is 2. The lowest BCUT2D eigenvalue weighted by Crippen LogP contribution is -2.20. The molecule has 3 rings (SSSR count). The van der Waals surface area contributed by atoms with E-state index in [0.29, 0.717) is 5.92 Å². The van der Waals surface area contributed by atoms with E-state index >= 15 is 0 Å². The Morgan fingerprint density at radius 2 is 2.00 bits per heavy atom. The standard InChI is InChI=1S/C13H15NO/c1-2-6-10(7-3-1)13-11-8-4-5-9-12(11)14-15-13/h1-3,6-7,11,13H,4-5,8-9H2. The number of benzene rings is 1. The third-order valence-corrected chi connectivity index (χ3v) is 3.40. The van der Waals surface area contributed by atoms with E-state index in [2.05, 4.69) is 29.4 Å². The van der Waals surface area contributed by atoms with Crippen molar-refractivity contribution in [1.82, 2.24) is 0 Å². The number of rotatable bonds is 1. The van der Waals surface area contributed by atoms with Crippen molar-refractivity contribution in [2.75, 3.05) is 0 Å². The fraction of sp³-hybridized carbons (Fsp3) is 0.462. The Balaban J connectivity index is 1.85. The van der Waals surface area contributed by atoms with Crippen molar-refractivity contribution in [2.45, 2.75) is 31.8 Å². The minimum atomic E-state index is 0.182. The zero-order valence-electron chi connectivity index (χ0n) is 8.73. The van der Waals surface area contributed by atoms with Gasteiger partial charge in [0.2, 0.25) is 0 Å². The van der Waals surface area contributed by atoms with Crippen molar-refractivity contribution in [3.8, 4) is 0 Å². The zero-order chi connectivity index (χ0) is 10.1. The van der Waals surface area contributed by atoms with Crippen LogP contribution in [0.5, 0.6) is 0 Å². The van der Waals surface area contributed by atoms with Crippen LogP contribution in [0, 0.1) is 5.92 Å². The summed E-state index contributed by atoms with van der Waals surface area (Å²) >= 11 is 0. The highest BCUT2D eigenvalue weighted by atomic mass is 16.6. The predicted molar refractivity (Wildman–Crippen MR) is 59.7 cm³/mol. The lowest BCUT2D eigenvalue weighted by atomic mass is 9.82. The maximum absolute atomic E-state index is 5.57. The molecule has 15 heavy (non-hydrogen) atoms. The van der Waals surface area contributed by atoms with Gasteiger partial charge in [0, 0.05) is 5.92 Å². The smallest absolute Gasteiger partial charge is 0.160 e. The molecule has 1 fully saturated rings. The van der Waals surface area contributed by atoms with Gasteiger partial charge in [-0.1, -0.05) is 41.9 Å². The van der Waals surface area contributed by atoms with Crippen LogP contribution in [0.1, 0.15) is 37.4 Å². The fourth-order valence-electron chi connectivity index (χ4n) is 2.60. The van der Waals surface area contributed by atoms with Crippen molar-refractivity contribution in [2.24, 2.45) is 11.1 Å². The van der Waals surface area contributed by atoms with Crippen LogP contribution in [0.4, 0.5) is 0 Å². The second kappa shape index (κ2) is 3.69. The molecule has 2 atom stereocenters. The predicted octanol–water partition coefficient (Wildman–Crippen LogP) is 3.30. The first-order valence-electron chi connectivity index (χ1n) is 5.73. The second-order valence-corrected chi connectivity index (χ2v) is 4.37. The van der Waals surface area contributed by atoms with E-state index < -0.39 is 0 Å². The van der Waals surface area contributed by atoms with Gasteiger partial charge in [0.05, 0.1) is 5.71 Å². The summed E-state index contributed by atoms with van der Waals surface area (Å²) in [6, 6.07) is 10.5. The molecule has 0 saturated heterocycles. The summed E-state index contributed by atoms with van der Waals surface area (Å²) in [5.41, 5.74) is 2.55. The highest BCUT2D eigenvalue weighted by molar-refractivity contribution is 5.88. The summed E-state index contributed by atoms with van der Waals surface area (Å²) in [7, 11) is 0. The molecule has 2 heteroatoms. The van der Waals surface area contributed by atoms with Crippen molar-refractivity contribution in [3.05, 3.63) is 35.9 Å². The van der Waals surface area contributed by atoms with Gasteiger partial charge in [-0.05, 0) is 24.8 Å². The number of hydrogen-bond donors (Lipinski definition) is 0. The molecule has 0 amide bonds. The van der Waals surface area contributed by atoms with E-state index in [0.717, 1.165) is 6.42 Å². The molecule has 1 aliphatic heterocycles. The van der Waals surface area contributed by atoms with Crippen LogP contribution in [-0.2, 0) is 4.84 Å². The lowest BCUT2D eigenvalue weighted by molar-refractivity contribution is 0.0587. The molecule has 1 aromatic rings. The van der Waals surface area contributed by atoms with Crippen LogP contribution in [0.15, 0.2) is 35.5 Å². The van der Waals surface area contributed by atoms with E-state index in [1.54, 1.807) is 0 Å². The molecule has 2 nitrogen and oxygen atoms in total. The zero-order valence-corrected chi connectivity index (χ0v) is 8.73. The first-order chi connectivity index (χ1) is 7.45. The molecule has 1 aliphatic carbocycles. The average Bonchev–Trinajstić information content (AvgIpc) is 2.74. The van der Waals surface area contributed by atoms with Gasteiger partial charge in [0.1, 0.15) is 0 Å². The summed E-state index contributed by atoms with van der Waals surface area (Å²) in [5.74, 6) is 0.543. The summed E-state index contributed by atoms with van der Waals surface area (Å²) in [5, 5.41) is 4.23. The molecule has 2 unspecified atom stereocenters. The minimum Gasteiger partial charge on any atom is -0.387 e. The highest BCUT2D eigenvalue weighted by Gasteiger charge is 2.36. The number of oxime groups is 1. The van der Waals surface area contributed by atoms with E-state index in [9.17, 15) is 0 Å². The Morgan fingerprint density at radius 3 is 2.87 bits per heavy atom. The molecule has 0 spiro atoms. The normalized spacial score (nSPS) is 29.2. The third kappa shape index (κ3) is 1.54. The van der Waals surface area contributed by atoms with Crippen molar-refractivity contribution in [1.29, 1.82) is 0 Å². The van der Waals surface area contributed by atoms with Gasteiger partial charge >= 0.3 is 0 Å². The Hall–Kier alpha value is -1.31. The van der Waals surface area contributed by atoms with Crippen molar-refractivity contribution >= 4 is 5.71 Å². The Morgan fingerprint density at radius 1 is 1.13 bits per heavy atom. The first kappa shape index (κ1) is 8.96. The van der Waals surface area contributed by atoms with Crippen LogP contribution < -0.4 is 0 Å². The Kier molecular flexibility index (Phi) is 2.20. The molecular weight excluding hydrogens is 186 g/mol. The molecule has 78 valence electrons. The minimum absolute atomic E-state index is 0.182. The summed E-state index contributed by atoms with van der Waals surface area (Å²) in [4.78, 5) is 5.57. The Bertz CT molecular complexity index is 371. The molecule has 0 aromatic heterocycles. The van der Waals surface area contributed by atoms with Crippen LogP contribution in [0.2, 0.25) is 0 Å². The lowest BCUT2D eigenvalue weighted by Gasteiger charge is -2.22. The SMILES string of the molecule is c1ccc(C2ON=C3CCCCC32)cc1. The van der Waals surface area contributed by atoms with Gasteiger partial charge in [0.15, 0.2) is 6.10 Å². The van der Waals surface area contributed by atoms with Crippen LogP contribution in [0.25, 0.3) is 0 Å². The highest BCUT2D eigenvalue weighted by Crippen LogP contribution is 2.39. The van der Waals surface area contributed by atoms with Gasteiger partial charge in [-0.2, -0.15) is 0 Å². The van der Waals surface area contributed by atoms with Crippen LogP contribution >= 0.6 is 0 Å². The maximum atomic E-state index is 5.57. The van der Waals surface area contributed by atoms with Crippen LogP contribution in [-0.4, -0.2) is 5.71 Å². The molecule has 1 heterocycles. The van der Waals surface area contributed by atoms with E-state index in [1.165, 1.54) is 30.5 Å². The fourth-order valence-corrected chi connectivity index (χ4v) is 2.60. The average molecular weight is 201 g/mol. The van der Waals surface area contributed by atoms with E-state index in [-0.39, 0.29) is 6.10 Å². The quantitative estimate of drug-likeness (QED) is 0.683. The molecule has 0 N–H and O–H groups in total. The summed E-state index contributed by atoms with van der Waals surface area (Å²) in [6.45, 7) is 0. The molecular formula is C13H15NO. The Labute approximate surface area is 89.9 Å². The second-order valence-electron chi connectivity index (χ2n) is 4.37. The van der Waals surface area contributed by atoms with Gasteiger partial charge < -0.3 is 4.84 Å². The molecule has 1 aromatic carbocycles. The van der Waals surface area contributed by atoms with Crippen molar-refractivity contribution in [3.63, 3.8) is 0 Å². The third-order valence-electron chi connectivity index (χ3n) is 3.40. The molecule has 0 radical (unpaired) electrons.